The Morgan fingerprint density at radius 2 is 1.00 bits per heavy atom. The number of rotatable bonds is 12. The van der Waals surface area contributed by atoms with Crippen molar-refractivity contribution in [2.24, 2.45) is 0 Å². The molecule has 0 fully saturated rings. The molecule has 0 N–H and O–H groups in total. The summed E-state index contributed by atoms with van der Waals surface area (Å²) in [4.78, 5) is 2.47. The Hall–Kier alpha value is -1.30. The van der Waals surface area contributed by atoms with Gasteiger partial charge in [0.1, 0.15) is 11.5 Å². The van der Waals surface area contributed by atoms with E-state index in [0.717, 1.165) is 36.1 Å². The van der Waals surface area contributed by atoms with E-state index in [1.54, 1.807) is 14.2 Å². The highest BCUT2D eigenvalue weighted by atomic mass is 32.2. The van der Waals surface area contributed by atoms with Crippen LogP contribution in [0.25, 0.3) is 0 Å². The Kier molecular flexibility index (Phi) is 9.45. The summed E-state index contributed by atoms with van der Waals surface area (Å²) in [6.07, 6.45) is 0. The molecule has 0 atom stereocenters. The fourth-order valence-electron chi connectivity index (χ4n) is 3.45. The van der Waals surface area contributed by atoms with Crippen LogP contribution in [0.4, 0.5) is 0 Å². The molecule has 0 aliphatic carbocycles. The van der Waals surface area contributed by atoms with E-state index in [9.17, 15) is 0 Å². The monoisotopic (exact) mass is 447 g/mol. The van der Waals surface area contributed by atoms with E-state index < -0.39 is 0 Å². The zero-order valence-electron chi connectivity index (χ0n) is 19.5. The van der Waals surface area contributed by atoms with Gasteiger partial charge in [-0.05, 0) is 70.1 Å². The highest BCUT2D eigenvalue weighted by Gasteiger charge is 2.26. The fourth-order valence-corrected chi connectivity index (χ4v) is 5.57. The average molecular weight is 448 g/mol. The summed E-state index contributed by atoms with van der Waals surface area (Å²) in [7, 11) is 5.66. The van der Waals surface area contributed by atoms with Gasteiger partial charge in [-0.25, -0.2) is 0 Å². The molecule has 2 rings (SSSR count). The van der Waals surface area contributed by atoms with Gasteiger partial charge in [-0.15, -0.1) is 23.5 Å². The maximum Gasteiger partial charge on any atom is 0.118 e. The standard InChI is InChI=1S/C25H37NO2S2/c1-24(2,29-16-20-8-12-22(27-6)13-9-20)18-26(5)19-25(3,4)30-17-21-10-14-23(28-7)15-11-21/h8-15H,16-19H2,1-7H3. The molecule has 2 aromatic rings. The first kappa shape index (κ1) is 25.0. The molecular weight excluding hydrogens is 410 g/mol. The second kappa shape index (κ2) is 11.4. The van der Waals surface area contributed by atoms with Crippen LogP contribution in [-0.4, -0.2) is 48.8 Å². The summed E-state index contributed by atoms with van der Waals surface area (Å²) in [5, 5.41) is 0. The molecule has 0 amide bonds. The number of ether oxygens (including phenoxy) is 2. The Balaban J connectivity index is 1.79. The van der Waals surface area contributed by atoms with Crippen molar-refractivity contribution in [1.29, 1.82) is 0 Å². The third kappa shape index (κ3) is 8.83. The van der Waals surface area contributed by atoms with Gasteiger partial charge in [-0.2, -0.15) is 0 Å². The summed E-state index contributed by atoms with van der Waals surface area (Å²) in [6, 6.07) is 16.8. The summed E-state index contributed by atoms with van der Waals surface area (Å²) >= 11 is 4.02. The van der Waals surface area contributed by atoms with E-state index in [2.05, 4.69) is 63.9 Å². The molecule has 0 aromatic heterocycles. The van der Waals surface area contributed by atoms with Gasteiger partial charge in [0.25, 0.3) is 0 Å². The lowest BCUT2D eigenvalue weighted by molar-refractivity contribution is 0.289. The van der Waals surface area contributed by atoms with Crippen LogP contribution in [0, 0.1) is 0 Å². The van der Waals surface area contributed by atoms with E-state index in [0.29, 0.717) is 0 Å². The first-order valence-electron chi connectivity index (χ1n) is 10.3. The highest BCUT2D eigenvalue weighted by molar-refractivity contribution is 8.00. The molecule has 2 aromatic carbocycles. The van der Waals surface area contributed by atoms with Gasteiger partial charge in [0.2, 0.25) is 0 Å². The van der Waals surface area contributed by atoms with E-state index in [1.807, 2.05) is 47.8 Å². The van der Waals surface area contributed by atoms with Crippen LogP contribution in [0.1, 0.15) is 38.8 Å². The van der Waals surface area contributed by atoms with E-state index in [4.69, 9.17) is 9.47 Å². The maximum absolute atomic E-state index is 5.25. The van der Waals surface area contributed by atoms with Crippen LogP contribution in [0.5, 0.6) is 11.5 Å². The van der Waals surface area contributed by atoms with E-state index in [1.165, 1.54) is 11.1 Å². The quantitative estimate of drug-likeness (QED) is 0.376. The van der Waals surface area contributed by atoms with E-state index in [-0.39, 0.29) is 9.49 Å². The maximum atomic E-state index is 5.25. The smallest absolute Gasteiger partial charge is 0.118 e. The van der Waals surface area contributed by atoms with Crippen LogP contribution in [0.2, 0.25) is 0 Å². The SMILES string of the molecule is COc1ccc(CSC(C)(C)CN(C)CC(C)(C)SCc2ccc(OC)cc2)cc1. The van der Waals surface area contributed by atoms with Crippen molar-refractivity contribution in [3.8, 4) is 11.5 Å². The van der Waals surface area contributed by atoms with Gasteiger partial charge >= 0.3 is 0 Å². The molecule has 3 nitrogen and oxygen atoms in total. The highest BCUT2D eigenvalue weighted by Crippen LogP contribution is 2.32. The number of thioether (sulfide) groups is 2. The van der Waals surface area contributed by atoms with Crippen molar-refractivity contribution in [2.75, 3.05) is 34.4 Å². The van der Waals surface area contributed by atoms with Crippen LogP contribution < -0.4 is 9.47 Å². The molecule has 0 radical (unpaired) electrons. The first-order chi connectivity index (χ1) is 14.1. The third-order valence-electron chi connectivity index (χ3n) is 4.88. The molecule has 0 saturated heterocycles. The zero-order chi connectivity index (χ0) is 22.2. The van der Waals surface area contributed by atoms with Crippen LogP contribution in [0.3, 0.4) is 0 Å². The minimum absolute atomic E-state index is 0.186. The predicted octanol–water partition coefficient (Wildman–Crippen LogP) is 6.36. The van der Waals surface area contributed by atoms with Gasteiger partial charge in [0, 0.05) is 34.1 Å². The molecule has 0 bridgehead atoms. The molecule has 166 valence electrons. The Morgan fingerprint density at radius 1 is 0.667 bits per heavy atom. The summed E-state index contributed by atoms with van der Waals surface area (Å²) in [6.45, 7) is 11.5. The third-order valence-corrected chi connectivity index (χ3v) is 7.66. The number of hydrogen-bond acceptors (Lipinski definition) is 5. The van der Waals surface area contributed by atoms with Crippen molar-refractivity contribution in [3.05, 3.63) is 59.7 Å². The molecule has 0 spiro atoms. The molecule has 0 saturated carbocycles. The van der Waals surface area contributed by atoms with E-state index >= 15 is 0 Å². The normalized spacial score (nSPS) is 12.3. The van der Waals surface area contributed by atoms with Crippen LogP contribution in [0.15, 0.2) is 48.5 Å². The van der Waals surface area contributed by atoms with Crippen molar-refractivity contribution in [3.63, 3.8) is 0 Å². The molecular formula is C25H37NO2S2. The number of benzene rings is 2. The van der Waals surface area contributed by atoms with Gasteiger partial charge in [0.05, 0.1) is 14.2 Å². The van der Waals surface area contributed by atoms with Crippen molar-refractivity contribution in [1.82, 2.24) is 4.90 Å². The lowest BCUT2D eigenvalue weighted by Crippen LogP contribution is -2.41. The molecule has 30 heavy (non-hydrogen) atoms. The first-order valence-corrected chi connectivity index (χ1v) is 12.3. The topological polar surface area (TPSA) is 21.7 Å². The van der Waals surface area contributed by atoms with Gasteiger partial charge in [0.15, 0.2) is 0 Å². The lowest BCUT2D eigenvalue weighted by atomic mass is 10.1. The Morgan fingerprint density at radius 3 is 1.30 bits per heavy atom. The summed E-state index contributed by atoms with van der Waals surface area (Å²) in [5.41, 5.74) is 2.68. The minimum atomic E-state index is 0.186. The Labute approximate surface area is 191 Å². The fraction of sp³-hybridized carbons (Fsp3) is 0.520. The van der Waals surface area contributed by atoms with Crippen molar-refractivity contribution >= 4 is 23.5 Å². The second-order valence-corrected chi connectivity index (χ2v) is 12.3. The minimum Gasteiger partial charge on any atom is -0.497 e. The molecule has 0 heterocycles. The Bertz CT molecular complexity index is 692. The second-order valence-electron chi connectivity index (χ2n) is 8.97. The van der Waals surface area contributed by atoms with Crippen molar-refractivity contribution in [2.45, 2.75) is 48.7 Å². The number of hydrogen-bond donors (Lipinski definition) is 0. The molecule has 0 aliphatic rings. The lowest BCUT2D eigenvalue weighted by Gasteiger charge is -2.35. The number of methoxy groups -OCH3 is 2. The average Bonchev–Trinajstić information content (AvgIpc) is 2.70. The molecule has 0 unspecified atom stereocenters. The van der Waals surface area contributed by atoms with Crippen LogP contribution >= 0.6 is 23.5 Å². The van der Waals surface area contributed by atoms with Crippen LogP contribution in [-0.2, 0) is 11.5 Å². The van der Waals surface area contributed by atoms with Crippen molar-refractivity contribution < 1.29 is 9.47 Å². The number of nitrogens with zero attached hydrogens (tertiary/aromatic N) is 1. The molecule has 5 heteroatoms. The van der Waals surface area contributed by atoms with Gasteiger partial charge in [-0.3, -0.25) is 0 Å². The molecule has 0 aliphatic heterocycles. The summed E-state index contributed by atoms with van der Waals surface area (Å²) in [5.74, 6) is 3.86. The van der Waals surface area contributed by atoms with Gasteiger partial charge in [-0.1, -0.05) is 24.3 Å². The zero-order valence-corrected chi connectivity index (χ0v) is 21.2. The van der Waals surface area contributed by atoms with Gasteiger partial charge < -0.3 is 14.4 Å². The summed E-state index contributed by atoms with van der Waals surface area (Å²) < 4.78 is 10.9. The largest absolute Gasteiger partial charge is 0.497 e. The predicted molar refractivity (Wildman–Crippen MR) is 134 cm³/mol.